The highest BCUT2D eigenvalue weighted by Crippen LogP contribution is 2.22. The molecular formula is C19H16N2O5. The van der Waals surface area contributed by atoms with Crippen LogP contribution < -0.4 is 4.90 Å². The maximum absolute atomic E-state index is 12.4. The van der Waals surface area contributed by atoms with Crippen molar-refractivity contribution in [3.05, 3.63) is 75.3 Å². The van der Waals surface area contributed by atoms with Gasteiger partial charge in [-0.3, -0.25) is 19.8 Å². The lowest BCUT2D eigenvalue weighted by molar-refractivity contribution is -0.385. The normalized spacial score (nSPS) is 13.9. The first-order valence-electron chi connectivity index (χ1n) is 7.97. The number of hydrogen-bond acceptors (Lipinski definition) is 5. The van der Waals surface area contributed by atoms with E-state index in [4.69, 9.17) is 4.74 Å². The second-order valence-electron chi connectivity index (χ2n) is 5.82. The van der Waals surface area contributed by atoms with Crippen LogP contribution in [0.2, 0.25) is 0 Å². The zero-order valence-electron chi connectivity index (χ0n) is 14.0. The Hall–Kier alpha value is -3.48. The summed E-state index contributed by atoms with van der Waals surface area (Å²) in [6, 6.07) is 11.5. The Labute approximate surface area is 149 Å². The van der Waals surface area contributed by atoms with Gasteiger partial charge in [0.25, 0.3) is 5.69 Å². The number of aryl methyl sites for hydroxylation is 1. The van der Waals surface area contributed by atoms with Crippen LogP contribution in [0.5, 0.6) is 0 Å². The molecule has 132 valence electrons. The lowest BCUT2D eigenvalue weighted by Gasteiger charge is -2.13. The fourth-order valence-corrected chi connectivity index (χ4v) is 2.65. The molecule has 0 aromatic heterocycles. The SMILES string of the molecule is Cc1ccc(C=CC(=O)c2cccc(N3CCOC3=O)c2)cc1[N+](=O)[O-]. The molecule has 7 heteroatoms. The van der Waals surface area contributed by atoms with E-state index in [1.54, 1.807) is 43.3 Å². The van der Waals surface area contributed by atoms with Crippen molar-refractivity contribution in [3.63, 3.8) is 0 Å². The van der Waals surface area contributed by atoms with Gasteiger partial charge in [-0.25, -0.2) is 4.79 Å². The summed E-state index contributed by atoms with van der Waals surface area (Å²) in [4.78, 5) is 36.0. The van der Waals surface area contributed by atoms with Crippen molar-refractivity contribution in [2.75, 3.05) is 18.1 Å². The van der Waals surface area contributed by atoms with Crippen LogP contribution >= 0.6 is 0 Å². The van der Waals surface area contributed by atoms with Gasteiger partial charge >= 0.3 is 6.09 Å². The molecule has 1 aliphatic rings. The van der Waals surface area contributed by atoms with Crippen molar-refractivity contribution in [1.29, 1.82) is 0 Å². The summed E-state index contributed by atoms with van der Waals surface area (Å²) in [6.45, 7) is 2.42. The van der Waals surface area contributed by atoms with Gasteiger partial charge in [0, 0.05) is 22.9 Å². The number of hydrogen-bond donors (Lipinski definition) is 0. The number of nitro benzene ring substituents is 1. The Morgan fingerprint density at radius 2 is 2.08 bits per heavy atom. The average molecular weight is 352 g/mol. The molecule has 1 amide bonds. The van der Waals surface area contributed by atoms with Gasteiger partial charge in [-0.05, 0) is 30.7 Å². The van der Waals surface area contributed by atoms with Crippen LogP contribution in [0.15, 0.2) is 48.5 Å². The number of carbonyl (C=O) groups is 2. The Morgan fingerprint density at radius 3 is 2.77 bits per heavy atom. The van der Waals surface area contributed by atoms with Crippen molar-refractivity contribution in [3.8, 4) is 0 Å². The third-order valence-electron chi connectivity index (χ3n) is 4.06. The molecule has 1 saturated heterocycles. The molecule has 26 heavy (non-hydrogen) atoms. The molecule has 7 nitrogen and oxygen atoms in total. The third-order valence-corrected chi connectivity index (χ3v) is 4.06. The van der Waals surface area contributed by atoms with Crippen molar-refractivity contribution < 1.29 is 19.2 Å². The second-order valence-corrected chi connectivity index (χ2v) is 5.82. The molecule has 1 heterocycles. The summed E-state index contributed by atoms with van der Waals surface area (Å²) in [5.74, 6) is -0.261. The van der Waals surface area contributed by atoms with E-state index in [9.17, 15) is 19.7 Å². The summed E-state index contributed by atoms with van der Waals surface area (Å²) in [7, 11) is 0. The first-order chi connectivity index (χ1) is 12.5. The Kier molecular flexibility index (Phi) is 4.79. The van der Waals surface area contributed by atoms with E-state index in [-0.39, 0.29) is 11.5 Å². The van der Waals surface area contributed by atoms with Gasteiger partial charge in [-0.15, -0.1) is 0 Å². The molecule has 0 aliphatic carbocycles. The van der Waals surface area contributed by atoms with E-state index in [0.717, 1.165) is 0 Å². The average Bonchev–Trinajstić information content (AvgIpc) is 3.06. The third kappa shape index (κ3) is 3.61. The van der Waals surface area contributed by atoms with Crippen LogP contribution in [-0.4, -0.2) is 30.0 Å². The number of benzene rings is 2. The number of allylic oxidation sites excluding steroid dienone is 1. The van der Waals surface area contributed by atoms with Crippen LogP contribution in [0.1, 0.15) is 21.5 Å². The zero-order valence-corrected chi connectivity index (χ0v) is 14.0. The number of carbonyl (C=O) groups excluding carboxylic acids is 2. The Balaban J connectivity index is 1.80. The lowest BCUT2D eigenvalue weighted by atomic mass is 10.1. The minimum atomic E-state index is -0.451. The Morgan fingerprint density at radius 1 is 1.27 bits per heavy atom. The van der Waals surface area contributed by atoms with E-state index in [1.807, 2.05) is 0 Å². The van der Waals surface area contributed by atoms with Gasteiger partial charge in [-0.2, -0.15) is 0 Å². The summed E-state index contributed by atoms with van der Waals surface area (Å²) >= 11 is 0. The monoisotopic (exact) mass is 352 g/mol. The maximum Gasteiger partial charge on any atom is 0.414 e. The van der Waals surface area contributed by atoms with E-state index < -0.39 is 11.0 Å². The summed E-state index contributed by atoms with van der Waals surface area (Å²) in [6.07, 6.45) is 2.46. The van der Waals surface area contributed by atoms with Crippen LogP contribution in [0.25, 0.3) is 6.08 Å². The Bertz CT molecular complexity index is 920. The molecule has 1 aliphatic heterocycles. The van der Waals surface area contributed by atoms with Crippen LogP contribution in [0, 0.1) is 17.0 Å². The number of rotatable bonds is 5. The molecule has 0 bridgehead atoms. The minimum absolute atomic E-state index is 0.00846. The predicted octanol–water partition coefficient (Wildman–Crippen LogP) is 3.76. The van der Waals surface area contributed by atoms with Crippen molar-refractivity contribution in [2.45, 2.75) is 6.92 Å². The summed E-state index contributed by atoms with van der Waals surface area (Å²) in [5.41, 5.74) is 2.14. The first-order valence-corrected chi connectivity index (χ1v) is 7.97. The summed E-state index contributed by atoms with van der Waals surface area (Å²) in [5, 5.41) is 11.0. The molecule has 0 atom stereocenters. The molecule has 3 rings (SSSR count). The molecule has 0 spiro atoms. The molecule has 0 radical (unpaired) electrons. The number of ketones is 1. The second kappa shape index (κ2) is 7.18. The van der Waals surface area contributed by atoms with Crippen molar-refractivity contribution in [1.82, 2.24) is 0 Å². The van der Waals surface area contributed by atoms with Gasteiger partial charge in [0.05, 0.1) is 11.5 Å². The van der Waals surface area contributed by atoms with Crippen molar-refractivity contribution in [2.24, 2.45) is 0 Å². The molecule has 0 N–H and O–H groups in total. The van der Waals surface area contributed by atoms with Gasteiger partial charge in [-0.1, -0.05) is 30.3 Å². The highest BCUT2D eigenvalue weighted by Gasteiger charge is 2.23. The van der Waals surface area contributed by atoms with Gasteiger partial charge in [0.15, 0.2) is 5.78 Å². The maximum atomic E-state index is 12.4. The van der Waals surface area contributed by atoms with E-state index in [2.05, 4.69) is 0 Å². The van der Waals surface area contributed by atoms with E-state index in [0.29, 0.717) is 35.5 Å². The quantitative estimate of drug-likeness (QED) is 0.354. The molecule has 1 fully saturated rings. The topological polar surface area (TPSA) is 89.8 Å². The molecule has 0 saturated carbocycles. The fourth-order valence-electron chi connectivity index (χ4n) is 2.65. The van der Waals surface area contributed by atoms with E-state index in [1.165, 1.54) is 23.1 Å². The van der Waals surface area contributed by atoms with Crippen molar-refractivity contribution >= 4 is 29.3 Å². The van der Waals surface area contributed by atoms with Crippen LogP contribution in [-0.2, 0) is 4.74 Å². The van der Waals surface area contributed by atoms with E-state index >= 15 is 0 Å². The zero-order chi connectivity index (χ0) is 18.7. The number of amides is 1. The highest BCUT2D eigenvalue weighted by atomic mass is 16.6. The smallest absolute Gasteiger partial charge is 0.414 e. The summed E-state index contributed by atoms with van der Waals surface area (Å²) < 4.78 is 4.90. The molecular weight excluding hydrogens is 336 g/mol. The first kappa shape index (κ1) is 17.3. The number of anilines is 1. The number of nitro groups is 1. The van der Waals surface area contributed by atoms with Crippen LogP contribution in [0.4, 0.5) is 16.2 Å². The fraction of sp³-hybridized carbons (Fsp3) is 0.158. The molecule has 2 aromatic carbocycles. The van der Waals surface area contributed by atoms with Gasteiger partial charge < -0.3 is 4.74 Å². The molecule has 2 aromatic rings. The lowest BCUT2D eigenvalue weighted by Crippen LogP contribution is -2.23. The predicted molar refractivity (Wildman–Crippen MR) is 96.3 cm³/mol. The van der Waals surface area contributed by atoms with Gasteiger partial charge in [0.2, 0.25) is 0 Å². The number of nitrogens with zero attached hydrogens (tertiary/aromatic N) is 2. The number of cyclic esters (lactones) is 1. The largest absolute Gasteiger partial charge is 0.447 e. The molecule has 0 unspecified atom stereocenters. The van der Waals surface area contributed by atoms with Gasteiger partial charge in [0.1, 0.15) is 6.61 Å². The minimum Gasteiger partial charge on any atom is -0.447 e. The highest BCUT2D eigenvalue weighted by molar-refractivity contribution is 6.07. The number of ether oxygens (including phenoxy) is 1. The standard InChI is InChI=1S/C19H16N2O5/c1-13-5-6-14(11-17(13)21(24)25)7-8-18(22)15-3-2-4-16(12-15)20-9-10-26-19(20)23/h2-8,11-12H,9-10H2,1H3. The van der Waals surface area contributed by atoms with Crippen LogP contribution in [0.3, 0.4) is 0 Å².